The fourth-order valence-electron chi connectivity index (χ4n) is 2.66. The van der Waals surface area contributed by atoms with Gasteiger partial charge in [-0.1, -0.05) is 13.8 Å². The summed E-state index contributed by atoms with van der Waals surface area (Å²) in [5.74, 6) is 1.13. The van der Waals surface area contributed by atoms with Crippen molar-refractivity contribution in [3.63, 3.8) is 0 Å². The van der Waals surface area contributed by atoms with Gasteiger partial charge < -0.3 is 4.90 Å². The number of carbonyl (C=O) groups is 1. The van der Waals surface area contributed by atoms with Gasteiger partial charge in [0.25, 0.3) is 0 Å². The third-order valence-corrected chi connectivity index (χ3v) is 3.61. The highest BCUT2D eigenvalue weighted by Gasteiger charge is 2.36. The van der Waals surface area contributed by atoms with Gasteiger partial charge in [0.1, 0.15) is 0 Å². The quantitative estimate of drug-likeness (QED) is 0.723. The van der Waals surface area contributed by atoms with Crippen LogP contribution in [0.2, 0.25) is 0 Å². The predicted octanol–water partition coefficient (Wildman–Crippen LogP) is 1.34. The molecule has 2 aliphatic rings. The maximum absolute atomic E-state index is 11.9. The zero-order valence-corrected chi connectivity index (χ0v) is 9.12. The first-order valence-electron chi connectivity index (χ1n) is 5.76. The fourth-order valence-corrected chi connectivity index (χ4v) is 2.66. The molecule has 1 saturated heterocycles. The van der Waals surface area contributed by atoms with Crippen LogP contribution in [0.4, 0.5) is 0 Å². The summed E-state index contributed by atoms with van der Waals surface area (Å²) in [6.45, 7) is 5.12. The van der Waals surface area contributed by atoms with Crippen LogP contribution in [-0.4, -0.2) is 29.6 Å². The van der Waals surface area contributed by atoms with Gasteiger partial charge in [-0.15, -0.1) is 0 Å². The van der Waals surface area contributed by atoms with E-state index in [1.165, 1.54) is 19.3 Å². The standard InChI is InChI=1S/C11H20N2O/c1-3-10-11(14)13(7-12-10)9-5-4-8(2)6-9/h8-10,12H,3-7H2,1-2H3. The van der Waals surface area contributed by atoms with Crippen LogP contribution < -0.4 is 5.32 Å². The Hall–Kier alpha value is -0.570. The average molecular weight is 196 g/mol. The largest absolute Gasteiger partial charge is 0.326 e. The Labute approximate surface area is 85.8 Å². The topological polar surface area (TPSA) is 32.3 Å². The third kappa shape index (κ3) is 1.65. The minimum atomic E-state index is 0.0888. The second-order valence-corrected chi connectivity index (χ2v) is 4.70. The molecule has 0 bridgehead atoms. The van der Waals surface area contributed by atoms with Crippen molar-refractivity contribution in [2.75, 3.05) is 6.67 Å². The number of hydrogen-bond donors (Lipinski definition) is 1. The number of rotatable bonds is 2. The van der Waals surface area contributed by atoms with E-state index < -0.39 is 0 Å². The van der Waals surface area contributed by atoms with Crippen LogP contribution in [0.3, 0.4) is 0 Å². The first-order valence-corrected chi connectivity index (χ1v) is 5.76. The van der Waals surface area contributed by atoms with E-state index in [9.17, 15) is 4.79 Å². The molecular formula is C11H20N2O. The second kappa shape index (κ2) is 3.89. The van der Waals surface area contributed by atoms with Gasteiger partial charge in [-0.25, -0.2) is 0 Å². The molecule has 3 unspecified atom stereocenters. The predicted molar refractivity (Wildman–Crippen MR) is 55.7 cm³/mol. The molecule has 1 aliphatic heterocycles. The van der Waals surface area contributed by atoms with Gasteiger partial charge in [-0.3, -0.25) is 10.1 Å². The molecule has 1 N–H and O–H groups in total. The third-order valence-electron chi connectivity index (χ3n) is 3.61. The van der Waals surface area contributed by atoms with Crippen molar-refractivity contribution in [2.45, 2.75) is 51.6 Å². The number of nitrogens with one attached hydrogen (secondary N) is 1. The molecular weight excluding hydrogens is 176 g/mol. The number of amides is 1. The molecule has 2 rings (SSSR count). The van der Waals surface area contributed by atoms with Crippen LogP contribution in [0.1, 0.15) is 39.5 Å². The monoisotopic (exact) mass is 196 g/mol. The zero-order chi connectivity index (χ0) is 10.1. The van der Waals surface area contributed by atoms with E-state index in [4.69, 9.17) is 0 Å². The minimum Gasteiger partial charge on any atom is -0.326 e. The van der Waals surface area contributed by atoms with Gasteiger partial charge in [0.15, 0.2) is 0 Å². The van der Waals surface area contributed by atoms with Gasteiger partial charge in [0.05, 0.1) is 12.7 Å². The highest BCUT2D eigenvalue weighted by atomic mass is 16.2. The molecule has 2 fully saturated rings. The summed E-state index contributed by atoms with van der Waals surface area (Å²) in [5, 5.41) is 3.27. The first-order chi connectivity index (χ1) is 6.72. The Bertz CT molecular complexity index is 229. The average Bonchev–Trinajstić information content (AvgIpc) is 2.72. The number of carbonyl (C=O) groups excluding carboxylic acids is 1. The smallest absolute Gasteiger partial charge is 0.241 e. The highest BCUT2D eigenvalue weighted by Crippen LogP contribution is 2.30. The minimum absolute atomic E-state index is 0.0888. The first kappa shape index (κ1) is 9.97. The van der Waals surface area contributed by atoms with Crippen molar-refractivity contribution >= 4 is 5.91 Å². The number of hydrogen-bond acceptors (Lipinski definition) is 2. The molecule has 1 heterocycles. The van der Waals surface area contributed by atoms with Gasteiger partial charge in [-0.05, 0) is 31.6 Å². The van der Waals surface area contributed by atoms with Gasteiger partial charge in [-0.2, -0.15) is 0 Å². The van der Waals surface area contributed by atoms with E-state index >= 15 is 0 Å². The van der Waals surface area contributed by atoms with Gasteiger partial charge in [0, 0.05) is 6.04 Å². The van der Waals surface area contributed by atoms with Crippen LogP contribution in [0.5, 0.6) is 0 Å². The van der Waals surface area contributed by atoms with E-state index in [2.05, 4.69) is 24.1 Å². The van der Waals surface area contributed by atoms with Gasteiger partial charge >= 0.3 is 0 Å². The maximum atomic E-state index is 11.9. The molecule has 1 amide bonds. The Morgan fingerprint density at radius 1 is 1.50 bits per heavy atom. The van der Waals surface area contributed by atoms with E-state index in [0.29, 0.717) is 11.9 Å². The molecule has 3 nitrogen and oxygen atoms in total. The van der Waals surface area contributed by atoms with Gasteiger partial charge in [0.2, 0.25) is 5.91 Å². The Balaban J connectivity index is 1.96. The van der Waals surface area contributed by atoms with E-state index in [1.54, 1.807) is 0 Å². The molecule has 14 heavy (non-hydrogen) atoms. The van der Waals surface area contributed by atoms with Crippen LogP contribution in [0.25, 0.3) is 0 Å². The molecule has 0 aromatic rings. The normalized spacial score (nSPS) is 38.3. The summed E-state index contributed by atoms with van der Waals surface area (Å²) in [7, 11) is 0. The lowest BCUT2D eigenvalue weighted by Crippen LogP contribution is -2.37. The molecule has 1 saturated carbocycles. The fraction of sp³-hybridized carbons (Fsp3) is 0.909. The van der Waals surface area contributed by atoms with Crippen molar-refractivity contribution in [1.29, 1.82) is 0 Å². The highest BCUT2D eigenvalue weighted by molar-refractivity contribution is 5.84. The van der Waals surface area contributed by atoms with Crippen LogP contribution in [0.15, 0.2) is 0 Å². The summed E-state index contributed by atoms with van der Waals surface area (Å²) in [6, 6.07) is 0.604. The van der Waals surface area contributed by atoms with Crippen LogP contribution in [-0.2, 0) is 4.79 Å². The molecule has 0 aromatic heterocycles. The Kier molecular flexibility index (Phi) is 2.77. The molecule has 0 aromatic carbocycles. The molecule has 0 spiro atoms. The molecule has 1 aliphatic carbocycles. The number of nitrogens with zero attached hydrogens (tertiary/aromatic N) is 1. The summed E-state index contributed by atoms with van der Waals surface area (Å²) in [6.07, 6.45) is 4.59. The summed E-state index contributed by atoms with van der Waals surface area (Å²) in [4.78, 5) is 13.9. The lowest BCUT2D eigenvalue weighted by molar-refractivity contribution is -0.130. The molecule has 3 heteroatoms. The molecule has 0 radical (unpaired) electrons. The second-order valence-electron chi connectivity index (χ2n) is 4.70. The summed E-state index contributed by atoms with van der Waals surface area (Å²) < 4.78 is 0. The van der Waals surface area contributed by atoms with Crippen molar-refractivity contribution in [1.82, 2.24) is 10.2 Å². The van der Waals surface area contributed by atoms with Crippen molar-refractivity contribution in [3.8, 4) is 0 Å². The Morgan fingerprint density at radius 2 is 2.29 bits per heavy atom. The zero-order valence-electron chi connectivity index (χ0n) is 9.12. The summed E-state index contributed by atoms with van der Waals surface area (Å²) >= 11 is 0. The van der Waals surface area contributed by atoms with Crippen molar-refractivity contribution in [3.05, 3.63) is 0 Å². The maximum Gasteiger partial charge on any atom is 0.241 e. The van der Waals surface area contributed by atoms with Crippen LogP contribution in [0, 0.1) is 5.92 Å². The summed E-state index contributed by atoms with van der Waals surface area (Å²) in [5.41, 5.74) is 0. The Morgan fingerprint density at radius 3 is 2.79 bits per heavy atom. The van der Waals surface area contributed by atoms with E-state index in [-0.39, 0.29) is 6.04 Å². The van der Waals surface area contributed by atoms with Crippen LogP contribution >= 0.6 is 0 Å². The SMILES string of the molecule is CCC1NCN(C2CCC(C)C2)C1=O. The lowest BCUT2D eigenvalue weighted by Gasteiger charge is -2.23. The van der Waals surface area contributed by atoms with E-state index in [1.807, 2.05) is 0 Å². The van der Waals surface area contributed by atoms with Crippen molar-refractivity contribution < 1.29 is 4.79 Å². The van der Waals surface area contributed by atoms with Crippen molar-refractivity contribution in [2.24, 2.45) is 5.92 Å². The van der Waals surface area contributed by atoms with E-state index in [0.717, 1.165) is 19.0 Å². The lowest BCUT2D eigenvalue weighted by atomic mass is 10.1. The molecule has 80 valence electrons. The molecule has 3 atom stereocenters.